The topological polar surface area (TPSA) is 60.9 Å². The van der Waals surface area contributed by atoms with Gasteiger partial charge in [-0.1, -0.05) is 13.0 Å². The minimum absolute atomic E-state index is 0.00546. The van der Waals surface area contributed by atoms with Gasteiger partial charge in [-0.25, -0.2) is 9.59 Å². The molecule has 2 rings (SSSR count). The van der Waals surface area contributed by atoms with Gasteiger partial charge in [-0.15, -0.1) is 11.3 Å². The Balaban J connectivity index is 1.97. The van der Waals surface area contributed by atoms with Gasteiger partial charge in [0.05, 0.1) is 0 Å². The number of urea groups is 1. The Labute approximate surface area is 129 Å². The van der Waals surface area contributed by atoms with Gasteiger partial charge in [0.25, 0.3) is 0 Å². The highest BCUT2D eigenvalue weighted by Crippen LogP contribution is 2.24. The number of aliphatic carboxylic acids is 1. The number of carbonyl (C=O) groups is 2. The number of carbonyl (C=O) groups excluding carboxylic acids is 1. The van der Waals surface area contributed by atoms with E-state index in [2.05, 4.69) is 0 Å². The molecule has 0 aromatic carbocycles. The van der Waals surface area contributed by atoms with Crippen molar-refractivity contribution in [1.82, 2.24) is 9.80 Å². The van der Waals surface area contributed by atoms with Crippen molar-refractivity contribution in [2.75, 3.05) is 20.1 Å². The maximum absolute atomic E-state index is 12.5. The van der Waals surface area contributed by atoms with E-state index >= 15 is 0 Å². The molecule has 1 fully saturated rings. The molecule has 1 saturated heterocycles. The van der Waals surface area contributed by atoms with Crippen molar-refractivity contribution in [3.8, 4) is 0 Å². The van der Waals surface area contributed by atoms with Crippen LogP contribution in [0.25, 0.3) is 0 Å². The zero-order chi connectivity index (χ0) is 15.4. The molecule has 21 heavy (non-hydrogen) atoms. The first-order valence-corrected chi connectivity index (χ1v) is 8.15. The minimum Gasteiger partial charge on any atom is -0.480 e. The molecule has 6 heteroatoms. The zero-order valence-electron chi connectivity index (χ0n) is 12.5. The predicted molar refractivity (Wildman–Crippen MR) is 82.6 cm³/mol. The number of rotatable bonds is 4. The van der Waals surface area contributed by atoms with E-state index in [1.807, 2.05) is 24.4 Å². The predicted octanol–water partition coefficient (Wildman–Crippen LogP) is 2.53. The number of likely N-dealkylation sites (N-methyl/N-ethyl adjacent to an activating group) is 1. The van der Waals surface area contributed by atoms with Crippen molar-refractivity contribution in [2.45, 2.75) is 32.2 Å². The molecule has 1 N–H and O–H groups in total. The maximum atomic E-state index is 12.5. The van der Waals surface area contributed by atoms with Crippen LogP contribution in [0.2, 0.25) is 0 Å². The molecule has 0 saturated carbocycles. The third-order valence-electron chi connectivity index (χ3n) is 4.03. The second kappa shape index (κ2) is 6.93. The summed E-state index contributed by atoms with van der Waals surface area (Å²) in [6.45, 7) is 3.05. The molecular weight excluding hydrogens is 288 g/mol. The fourth-order valence-electron chi connectivity index (χ4n) is 2.83. The molecule has 1 aliphatic heterocycles. The highest BCUT2D eigenvalue weighted by Gasteiger charge is 2.38. The van der Waals surface area contributed by atoms with Gasteiger partial charge in [0.15, 0.2) is 0 Å². The second-order valence-corrected chi connectivity index (χ2v) is 6.66. The van der Waals surface area contributed by atoms with E-state index in [-0.39, 0.29) is 11.9 Å². The zero-order valence-corrected chi connectivity index (χ0v) is 13.3. The normalized spacial score (nSPS) is 22.1. The van der Waals surface area contributed by atoms with Crippen LogP contribution in [-0.4, -0.2) is 53.1 Å². The fourth-order valence-corrected chi connectivity index (χ4v) is 3.52. The number of piperidine rings is 1. The standard InChI is InChI=1S/C15H22N2O3S/c1-11-5-3-8-17(13(11)14(18)19)15(20)16(2)9-7-12-6-4-10-21-12/h4,6,10-11,13H,3,5,7-9H2,1-2H3,(H,18,19). The first kappa shape index (κ1) is 15.8. The number of nitrogens with zero attached hydrogens (tertiary/aromatic N) is 2. The summed E-state index contributed by atoms with van der Waals surface area (Å²) < 4.78 is 0. The van der Waals surface area contributed by atoms with Crippen LogP contribution in [0.4, 0.5) is 4.79 Å². The average molecular weight is 310 g/mol. The SMILES string of the molecule is CC1CCCN(C(=O)N(C)CCc2cccs2)C1C(=O)O. The molecule has 1 aromatic heterocycles. The van der Waals surface area contributed by atoms with Crippen molar-refractivity contribution < 1.29 is 14.7 Å². The molecule has 0 spiro atoms. The number of carboxylic acids is 1. The van der Waals surface area contributed by atoms with Crippen molar-refractivity contribution in [3.63, 3.8) is 0 Å². The second-order valence-electron chi connectivity index (χ2n) is 5.63. The number of carboxylic acid groups (broad SMARTS) is 1. The third-order valence-corrected chi connectivity index (χ3v) is 4.97. The Bertz CT molecular complexity index is 489. The van der Waals surface area contributed by atoms with Crippen molar-refractivity contribution in [1.29, 1.82) is 0 Å². The summed E-state index contributed by atoms with van der Waals surface area (Å²) in [4.78, 5) is 28.3. The van der Waals surface area contributed by atoms with E-state index in [1.165, 1.54) is 9.78 Å². The van der Waals surface area contributed by atoms with Gasteiger partial charge in [-0.3, -0.25) is 0 Å². The van der Waals surface area contributed by atoms with Crippen LogP contribution < -0.4 is 0 Å². The maximum Gasteiger partial charge on any atom is 0.326 e. The van der Waals surface area contributed by atoms with Crippen molar-refractivity contribution in [2.24, 2.45) is 5.92 Å². The number of amides is 2. The van der Waals surface area contributed by atoms with Crippen LogP contribution >= 0.6 is 11.3 Å². The Morgan fingerprint density at radius 3 is 2.90 bits per heavy atom. The third kappa shape index (κ3) is 3.75. The first-order chi connectivity index (χ1) is 10.0. The van der Waals surface area contributed by atoms with Crippen LogP contribution in [0.5, 0.6) is 0 Å². The summed E-state index contributed by atoms with van der Waals surface area (Å²) in [7, 11) is 1.74. The number of hydrogen-bond acceptors (Lipinski definition) is 3. The Kier molecular flexibility index (Phi) is 5.22. The van der Waals surface area contributed by atoms with Crippen LogP contribution in [0.3, 0.4) is 0 Å². The molecule has 2 atom stereocenters. The average Bonchev–Trinajstić information content (AvgIpc) is 2.96. The van der Waals surface area contributed by atoms with E-state index in [0.29, 0.717) is 13.1 Å². The Morgan fingerprint density at radius 2 is 2.29 bits per heavy atom. The monoisotopic (exact) mass is 310 g/mol. The van der Waals surface area contributed by atoms with Gasteiger partial charge in [-0.2, -0.15) is 0 Å². The summed E-state index contributed by atoms with van der Waals surface area (Å²) >= 11 is 1.67. The summed E-state index contributed by atoms with van der Waals surface area (Å²) in [6, 6.07) is 3.17. The molecular formula is C15H22N2O3S. The number of likely N-dealkylation sites (tertiary alicyclic amines) is 1. The molecule has 0 radical (unpaired) electrons. The smallest absolute Gasteiger partial charge is 0.326 e. The molecule has 2 unspecified atom stereocenters. The molecule has 2 heterocycles. The summed E-state index contributed by atoms with van der Waals surface area (Å²) in [5, 5.41) is 11.4. The van der Waals surface area contributed by atoms with Crippen LogP contribution in [0, 0.1) is 5.92 Å². The van der Waals surface area contributed by atoms with Crippen LogP contribution in [0.1, 0.15) is 24.6 Å². The summed E-state index contributed by atoms with van der Waals surface area (Å²) in [5.41, 5.74) is 0. The number of hydrogen-bond donors (Lipinski definition) is 1. The number of thiophene rings is 1. The lowest BCUT2D eigenvalue weighted by Crippen LogP contribution is -2.55. The molecule has 5 nitrogen and oxygen atoms in total. The molecule has 1 aliphatic rings. The van der Waals surface area contributed by atoms with Crippen LogP contribution in [0.15, 0.2) is 17.5 Å². The summed E-state index contributed by atoms with van der Waals surface area (Å²) in [5.74, 6) is -0.895. The Hall–Kier alpha value is -1.56. The fraction of sp³-hybridized carbons (Fsp3) is 0.600. The van der Waals surface area contributed by atoms with E-state index in [4.69, 9.17) is 0 Å². The summed E-state index contributed by atoms with van der Waals surface area (Å²) in [6.07, 6.45) is 2.54. The molecule has 1 aromatic rings. The molecule has 0 aliphatic carbocycles. The lowest BCUT2D eigenvalue weighted by molar-refractivity contribution is -0.145. The van der Waals surface area contributed by atoms with Gasteiger partial charge in [0, 0.05) is 25.0 Å². The largest absolute Gasteiger partial charge is 0.480 e. The van der Waals surface area contributed by atoms with Gasteiger partial charge < -0.3 is 14.9 Å². The van der Waals surface area contributed by atoms with Crippen molar-refractivity contribution >= 4 is 23.3 Å². The van der Waals surface area contributed by atoms with E-state index in [1.54, 1.807) is 23.3 Å². The highest BCUT2D eigenvalue weighted by atomic mass is 32.1. The Morgan fingerprint density at radius 1 is 1.52 bits per heavy atom. The van der Waals surface area contributed by atoms with Gasteiger partial charge >= 0.3 is 12.0 Å². The van der Waals surface area contributed by atoms with E-state index < -0.39 is 12.0 Å². The van der Waals surface area contributed by atoms with Gasteiger partial charge in [0.2, 0.25) is 0 Å². The lowest BCUT2D eigenvalue weighted by Gasteiger charge is -2.39. The van der Waals surface area contributed by atoms with Crippen molar-refractivity contribution in [3.05, 3.63) is 22.4 Å². The lowest BCUT2D eigenvalue weighted by atomic mass is 9.91. The van der Waals surface area contributed by atoms with E-state index in [9.17, 15) is 14.7 Å². The van der Waals surface area contributed by atoms with Gasteiger partial charge in [0.1, 0.15) is 6.04 Å². The first-order valence-electron chi connectivity index (χ1n) is 7.27. The van der Waals surface area contributed by atoms with Gasteiger partial charge in [-0.05, 0) is 36.6 Å². The highest BCUT2D eigenvalue weighted by molar-refractivity contribution is 7.09. The van der Waals surface area contributed by atoms with E-state index in [0.717, 1.165) is 19.3 Å². The molecule has 2 amide bonds. The minimum atomic E-state index is -0.901. The quantitative estimate of drug-likeness (QED) is 0.929. The molecule has 0 bridgehead atoms. The van der Waals surface area contributed by atoms with Crippen LogP contribution in [-0.2, 0) is 11.2 Å². The molecule has 116 valence electrons.